The van der Waals surface area contributed by atoms with Crippen LogP contribution in [0, 0.1) is 0 Å². The van der Waals surface area contributed by atoms with Crippen LogP contribution in [0.4, 0.5) is 13.2 Å². The zero-order valence-corrected chi connectivity index (χ0v) is 10.5. The molecular formula is C11H15F3N2O3. The van der Waals surface area contributed by atoms with E-state index in [0.29, 0.717) is 5.56 Å². The summed E-state index contributed by atoms with van der Waals surface area (Å²) >= 11 is 0. The molecule has 5 nitrogen and oxygen atoms in total. The lowest BCUT2D eigenvalue weighted by molar-refractivity contribution is -0.316. The van der Waals surface area contributed by atoms with E-state index in [-0.39, 0.29) is 19.2 Å². The van der Waals surface area contributed by atoms with E-state index in [2.05, 4.69) is 4.98 Å². The van der Waals surface area contributed by atoms with Crippen molar-refractivity contribution >= 4 is 5.97 Å². The van der Waals surface area contributed by atoms with Crippen molar-refractivity contribution in [3.8, 4) is 0 Å². The first-order valence-electron chi connectivity index (χ1n) is 5.19. The molecule has 1 heterocycles. The van der Waals surface area contributed by atoms with Gasteiger partial charge in [-0.2, -0.15) is 13.2 Å². The van der Waals surface area contributed by atoms with Crippen LogP contribution in [0.3, 0.4) is 0 Å². The van der Waals surface area contributed by atoms with Gasteiger partial charge in [-0.15, -0.1) is 0 Å². The predicted molar refractivity (Wildman–Crippen MR) is 59.3 cm³/mol. The normalized spacial score (nSPS) is 12.6. The molecule has 0 spiro atoms. The number of carboxylic acid groups (broad SMARTS) is 1. The molecule has 0 amide bonds. The minimum atomic E-state index is -4.51. The molecule has 1 unspecified atom stereocenters. The molecule has 0 aliphatic heterocycles. The van der Waals surface area contributed by atoms with Crippen LogP contribution in [0.25, 0.3) is 0 Å². The fourth-order valence-corrected chi connectivity index (χ4v) is 1.34. The summed E-state index contributed by atoms with van der Waals surface area (Å²) in [6.07, 6.45) is -4.79. The number of carbonyl (C=O) groups excluding carboxylic acids is 1. The number of aliphatic carboxylic acids is 1. The first-order valence-corrected chi connectivity index (χ1v) is 5.19. The number of hydrogen-bond acceptors (Lipinski definition) is 4. The Morgan fingerprint density at radius 1 is 1.47 bits per heavy atom. The maximum atomic E-state index is 12.2. The number of aromatic nitrogens is 1. The molecule has 1 atom stereocenters. The van der Waals surface area contributed by atoms with Gasteiger partial charge >= 0.3 is 6.18 Å². The molecular weight excluding hydrogens is 265 g/mol. The molecule has 0 fully saturated rings. The third kappa shape index (κ3) is 5.23. The van der Waals surface area contributed by atoms with Crippen LogP contribution in [0.15, 0.2) is 18.3 Å². The second-order valence-electron chi connectivity index (χ2n) is 3.52. The van der Waals surface area contributed by atoms with Gasteiger partial charge in [-0.05, 0) is 18.6 Å². The highest BCUT2D eigenvalue weighted by Gasteiger charge is 2.32. The second-order valence-corrected chi connectivity index (χ2v) is 3.52. The molecule has 19 heavy (non-hydrogen) atoms. The number of hydrogen-bond donors (Lipinski definition) is 1. The largest absolute Gasteiger partial charge is 0.547 e. The fraction of sp³-hybridized carbons (Fsp3) is 0.455. The minimum absolute atomic E-state index is 0. The van der Waals surface area contributed by atoms with Crippen molar-refractivity contribution in [1.82, 2.24) is 11.1 Å². The lowest BCUT2D eigenvalue weighted by Gasteiger charge is -2.17. The zero-order valence-electron chi connectivity index (χ0n) is 10.5. The highest BCUT2D eigenvalue weighted by molar-refractivity contribution is 5.70. The smallest absolute Gasteiger partial charge is 0.433 e. The number of carbonyl (C=O) groups is 1. The average Bonchev–Trinajstić information content (AvgIpc) is 2.28. The standard InChI is InChI=1S/C11H12F3NO3.H3N/c1-2-18-8(10(16)17)5-7-3-4-9(15-6-7)11(12,13)14;/h3-4,6,8H,2,5H2,1H3,(H,16,17);1H3. The second kappa shape index (κ2) is 7.05. The summed E-state index contributed by atoms with van der Waals surface area (Å²) in [6, 6.07) is 1.97. The van der Waals surface area contributed by atoms with Gasteiger partial charge < -0.3 is 20.8 Å². The van der Waals surface area contributed by atoms with Crippen LogP contribution in [0.5, 0.6) is 0 Å². The SMILES string of the molecule is CCOC(Cc1ccc(C(F)(F)F)nc1)C(=O)[O-].[NH4+]. The fourth-order valence-electron chi connectivity index (χ4n) is 1.34. The third-order valence-corrected chi connectivity index (χ3v) is 2.17. The quantitative estimate of drug-likeness (QED) is 0.875. The maximum Gasteiger partial charge on any atom is 0.433 e. The van der Waals surface area contributed by atoms with Gasteiger partial charge in [0.1, 0.15) is 11.8 Å². The first-order chi connectivity index (χ1) is 8.34. The molecule has 8 heteroatoms. The number of pyridine rings is 1. The number of nitrogens with zero attached hydrogens (tertiary/aromatic N) is 1. The van der Waals surface area contributed by atoms with Crippen LogP contribution >= 0.6 is 0 Å². The summed E-state index contributed by atoms with van der Waals surface area (Å²) in [5.41, 5.74) is -0.682. The van der Waals surface area contributed by atoms with Gasteiger partial charge in [-0.3, -0.25) is 4.98 Å². The van der Waals surface area contributed by atoms with Crippen LogP contribution in [0.2, 0.25) is 0 Å². The predicted octanol–water partition coefficient (Wildman–Crippen LogP) is 1.17. The van der Waals surface area contributed by atoms with Gasteiger partial charge in [0.2, 0.25) is 0 Å². The number of alkyl halides is 3. The van der Waals surface area contributed by atoms with E-state index < -0.39 is 23.9 Å². The van der Waals surface area contributed by atoms with E-state index in [4.69, 9.17) is 4.74 Å². The van der Waals surface area contributed by atoms with Crippen molar-refractivity contribution in [3.05, 3.63) is 29.6 Å². The van der Waals surface area contributed by atoms with Crippen LogP contribution < -0.4 is 11.3 Å². The lowest BCUT2D eigenvalue weighted by atomic mass is 10.1. The van der Waals surface area contributed by atoms with E-state index in [1.165, 1.54) is 6.07 Å². The Bertz CT molecular complexity index is 407. The summed E-state index contributed by atoms with van der Waals surface area (Å²) in [5.74, 6) is -1.41. The summed E-state index contributed by atoms with van der Waals surface area (Å²) in [4.78, 5) is 13.9. The Kier molecular flexibility index (Phi) is 6.43. The molecule has 0 radical (unpaired) electrons. The van der Waals surface area contributed by atoms with E-state index in [0.717, 1.165) is 12.3 Å². The molecule has 4 N–H and O–H groups in total. The topological polar surface area (TPSA) is 98.8 Å². The van der Waals surface area contributed by atoms with E-state index in [1.807, 2.05) is 0 Å². The van der Waals surface area contributed by atoms with Gasteiger partial charge in [0.05, 0.1) is 5.97 Å². The number of carboxylic acids is 1. The van der Waals surface area contributed by atoms with Crippen molar-refractivity contribution < 1.29 is 27.8 Å². The molecule has 1 aromatic rings. The van der Waals surface area contributed by atoms with Gasteiger partial charge in [-0.1, -0.05) is 6.07 Å². The highest BCUT2D eigenvalue weighted by Crippen LogP contribution is 2.27. The zero-order chi connectivity index (χ0) is 13.8. The van der Waals surface area contributed by atoms with Crippen molar-refractivity contribution in [2.24, 2.45) is 0 Å². The van der Waals surface area contributed by atoms with Crippen LogP contribution in [-0.2, 0) is 22.1 Å². The molecule has 1 aromatic heterocycles. The van der Waals surface area contributed by atoms with E-state index >= 15 is 0 Å². The van der Waals surface area contributed by atoms with Crippen molar-refractivity contribution in [1.29, 1.82) is 0 Å². The van der Waals surface area contributed by atoms with Crippen molar-refractivity contribution in [3.63, 3.8) is 0 Å². The molecule has 0 saturated carbocycles. The van der Waals surface area contributed by atoms with Crippen LogP contribution in [0.1, 0.15) is 18.2 Å². The Hall–Kier alpha value is -1.67. The Labute approximate surface area is 108 Å². The Morgan fingerprint density at radius 3 is 2.47 bits per heavy atom. The average molecular weight is 280 g/mol. The maximum absolute atomic E-state index is 12.2. The van der Waals surface area contributed by atoms with Gasteiger partial charge in [0.15, 0.2) is 0 Å². The molecule has 0 bridgehead atoms. The van der Waals surface area contributed by atoms with Crippen molar-refractivity contribution in [2.75, 3.05) is 6.61 Å². The monoisotopic (exact) mass is 280 g/mol. The number of ether oxygens (including phenoxy) is 1. The number of halogens is 3. The molecule has 0 aromatic carbocycles. The lowest BCUT2D eigenvalue weighted by Crippen LogP contribution is -2.39. The summed E-state index contributed by atoms with van der Waals surface area (Å²) < 4.78 is 41.6. The van der Waals surface area contributed by atoms with Gasteiger partial charge in [0, 0.05) is 19.2 Å². The molecule has 108 valence electrons. The van der Waals surface area contributed by atoms with Crippen LogP contribution in [-0.4, -0.2) is 23.7 Å². The molecule has 0 aliphatic rings. The van der Waals surface area contributed by atoms with E-state index in [9.17, 15) is 23.1 Å². The Morgan fingerprint density at radius 2 is 2.11 bits per heavy atom. The van der Waals surface area contributed by atoms with E-state index in [1.54, 1.807) is 6.92 Å². The summed E-state index contributed by atoms with van der Waals surface area (Å²) in [6.45, 7) is 1.79. The molecule has 0 saturated heterocycles. The summed E-state index contributed by atoms with van der Waals surface area (Å²) in [7, 11) is 0. The van der Waals surface area contributed by atoms with Gasteiger partial charge in [-0.25, -0.2) is 0 Å². The molecule has 1 rings (SSSR count). The number of quaternary nitrogens is 1. The third-order valence-electron chi connectivity index (χ3n) is 2.17. The first kappa shape index (κ1) is 17.3. The Balaban J connectivity index is 0.00000324. The minimum Gasteiger partial charge on any atom is -0.547 e. The summed E-state index contributed by atoms with van der Waals surface area (Å²) in [5, 5.41) is 10.7. The number of rotatable bonds is 5. The van der Waals surface area contributed by atoms with Gasteiger partial charge in [0.25, 0.3) is 0 Å². The highest BCUT2D eigenvalue weighted by atomic mass is 19.4. The molecule has 0 aliphatic carbocycles. The van der Waals surface area contributed by atoms with Crippen molar-refractivity contribution in [2.45, 2.75) is 25.6 Å².